The smallest absolute Gasteiger partial charge is 0.203 e. The summed E-state index contributed by atoms with van der Waals surface area (Å²) >= 11 is 0. The first kappa shape index (κ1) is 55.2. The first-order valence-corrected chi connectivity index (χ1v) is 26.0. The molecule has 4 heterocycles. The summed E-state index contributed by atoms with van der Waals surface area (Å²) in [5.41, 5.74) is 17.3. The van der Waals surface area contributed by atoms with Crippen LogP contribution in [0.1, 0.15) is 140 Å². The number of hydrogen-bond acceptors (Lipinski definition) is 16. The number of nitrogens with zero attached hydrogens (tertiary/aromatic N) is 8. The van der Waals surface area contributed by atoms with E-state index in [1.807, 2.05) is 24.3 Å². The average Bonchev–Trinajstić information content (AvgIpc) is 3.93. The van der Waals surface area contributed by atoms with Crippen molar-refractivity contribution in [3.63, 3.8) is 0 Å². The molecular weight excluding hydrogens is 913 g/mol. The van der Waals surface area contributed by atoms with Gasteiger partial charge in [0.05, 0.1) is 42.7 Å². The van der Waals surface area contributed by atoms with E-state index in [0.29, 0.717) is 88.1 Å². The molecule has 0 aliphatic rings. The molecule has 4 aromatic heterocycles. The normalized spacial score (nSPS) is 12.8. The highest BCUT2D eigenvalue weighted by Gasteiger charge is 2.21. The Balaban J connectivity index is 0.985. The van der Waals surface area contributed by atoms with E-state index < -0.39 is 0 Å². The van der Waals surface area contributed by atoms with E-state index in [0.717, 1.165) is 105 Å². The molecule has 0 aliphatic heterocycles. The number of benzene rings is 2. The number of imidazole rings is 2. The van der Waals surface area contributed by atoms with Crippen LogP contribution in [0.25, 0.3) is 22.3 Å². The first-order valence-electron chi connectivity index (χ1n) is 26.0. The fourth-order valence-corrected chi connectivity index (χ4v) is 9.79. The number of nitrogens with two attached hydrogens (primary N) is 2. The Hall–Kier alpha value is -6.14. The second kappa shape index (κ2) is 28.2. The number of unbranched alkanes of at least 4 members (excludes halogenated alkanes) is 7. The van der Waals surface area contributed by atoms with Crippen molar-refractivity contribution in [2.24, 2.45) is 0 Å². The zero-order valence-corrected chi connectivity index (χ0v) is 44.5. The van der Waals surface area contributed by atoms with E-state index in [4.69, 9.17) is 49.9 Å². The minimum Gasteiger partial charge on any atom is -0.493 e. The van der Waals surface area contributed by atoms with Crippen LogP contribution in [0.4, 0.5) is 11.6 Å². The minimum absolute atomic E-state index is 0.376. The Morgan fingerprint density at radius 1 is 0.514 bits per heavy atom. The second-order valence-corrected chi connectivity index (χ2v) is 19.0. The van der Waals surface area contributed by atoms with E-state index in [2.05, 4.69) is 60.5 Å². The van der Waals surface area contributed by atoms with Crippen LogP contribution in [-0.2, 0) is 25.9 Å². The number of ether oxygens (including phenoxy) is 6. The molecule has 3 unspecified atom stereocenters. The van der Waals surface area contributed by atoms with Crippen molar-refractivity contribution in [2.45, 2.75) is 161 Å². The van der Waals surface area contributed by atoms with Gasteiger partial charge in [-0.1, -0.05) is 58.3 Å². The van der Waals surface area contributed by atoms with Gasteiger partial charge in [0, 0.05) is 44.1 Å². The topological polar surface area (TPSA) is 219 Å². The third-order valence-electron chi connectivity index (χ3n) is 13.6. The minimum atomic E-state index is 0.376. The number of rotatable bonds is 34. The van der Waals surface area contributed by atoms with Crippen molar-refractivity contribution in [3.8, 4) is 34.5 Å². The number of anilines is 2. The standard InChI is InChI=1S/C54H82N12O6/c1-10-11-12-13-14-15-23-40(62-37(3)22-17-19-27-66-46(64-48-52(56)59-35-61-54(48)66)33-39-30-43(69-6)50(72-9)44(31-39)70-7)24-20-25-57-36(2)21-16-18-26-65-45(63-47-51(55)58-34-60-53(47)65)32-38-28-41(67-4)49(71-8)42(29-38)68-5/h28-31,34-37,40,57,62H,10-27,32-33H2,1-9H3,(H2,55,58,60)(H2,56,59,61). The van der Waals surface area contributed by atoms with E-state index >= 15 is 0 Å². The van der Waals surface area contributed by atoms with Gasteiger partial charge < -0.3 is 59.7 Å². The molecule has 18 heteroatoms. The molecule has 6 rings (SSSR count). The van der Waals surface area contributed by atoms with Crippen molar-refractivity contribution in [3.05, 3.63) is 59.7 Å². The zero-order chi connectivity index (χ0) is 51.4. The molecule has 6 N–H and O–H groups in total. The molecule has 0 radical (unpaired) electrons. The number of nitrogens with one attached hydrogen (secondary N) is 2. The zero-order valence-electron chi connectivity index (χ0n) is 44.5. The third-order valence-corrected chi connectivity index (χ3v) is 13.6. The van der Waals surface area contributed by atoms with Gasteiger partial charge in [0.25, 0.3) is 0 Å². The predicted molar refractivity (Wildman–Crippen MR) is 286 cm³/mol. The molecule has 0 bridgehead atoms. The van der Waals surface area contributed by atoms with Gasteiger partial charge in [-0.15, -0.1) is 0 Å². The van der Waals surface area contributed by atoms with E-state index in [1.54, 1.807) is 42.7 Å². The molecule has 18 nitrogen and oxygen atoms in total. The van der Waals surface area contributed by atoms with Gasteiger partial charge in [-0.25, -0.2) is 29.9 Å². The van der Waals surface area contributed by atoms with E-state index in [1.165, 1.54) is 57.6 Å². The van der Waals surface area contributed by atoms with E-state index in [-0.39, 0.29) is 0 Å². The number of methoxy groups -OCH3 is 6. The Labute approximate surface area is 426 Å². The van der Waals surface area contributed by atoms with Crippen LogP contribution in [0.2, 0.25) is 0 Å². The molecule has 394 valence electrons. The molecule has 3 atom stereocenters. The SMILES string of the molecule is CCCCCCCCC(CCCNC(C)CCCCn1c(Cc2cc(OC)c(OC)c(OC)c2)nc2c(N)ncnc21)NC(C)CCCCn1c(Cc2cc(OC)c(OC)c(OC)c2)nc2c(N)ncnc21. The van der Waals surface area contributed by atoms with Crippen LogP contribution >= 0.6 is 0 Å². The van der Waals surface area contributed by atoms with Crippen molar-refractivity contribution < 1.29 is 28.4 Å². The fourth-order valence-electron chi connectivity index (χ4n) is 9.79. The molecule has 0 amide bonds. The molecular formula is C54H82N12O6. The summed E-state index contributed by atoms with van der Waals surface area (Å²) in [6.45, 7) is 9.46. The highest BCUT2D eigenvalue weighted by Crippen LogP contribution is 2.40. The van der Waals surface area contributed by atoms with Gasteiger partial charge in [0.1, 0.15) is 24.3 Å². The summed E-state index contributed by atoms with van der Waals surface area (Å²) in [5.74, 6) is 5.99. The average molecular weight is 995 g/mol. The Morgan fingerprint density at radius 3 is 1.40 bits per heavy atom. The second-order valence-electron chi connectivity index (χ2n) is 19.0. The predicted octanol–water partition coefficient (Wildman–Crippen LogP) is 9.26. The number of nitrogen functional groups attached to an aromatic ring is 2. The van der Waals surface area contributed by atoms with Gasteiger partial charge in [0.15, 0.2) is 57.0 Å². The molecule has 72 heavy (non-hydrogen) atoms. The van der Waals surface area contributed by atoms with Gasteiger partial charge in [0.2, 0.25) is 11.5 Å². The summed E-state index contributed by atoms with van der Waals surface area (Å²) in [7, 11) is 9.71. The molecule has 0 fully saturated rings. The van der Waals surface area contributed by atoms with Gasteiger partial charge >= 0.3 is 0 Å². The number of aromatic nitrogens is 8. The highest BCUT2D eigenvalue weighted by atomic mass is 16.5. The fraction of sp³-hybridized carbons (Fsp3) is 0.593. The molecule has 6 aromatic rings. The maximum atomic E-state index is 6.31. The van der Waals surface area contributed by atoms with Crippen molar-refractivity contribution in [2.75, 3.05) is 60.7 Å². The summed E-state index contributed by atoms with van der Waals surface area (Å²) in [4.78, 5) is 27.5. The largest absolute Gasteiger partial charge is 0.493 e. The first-order chi connectivity index (χ1) is 35.0. The third kappa shape index (κ3) is 14.7. The number of fused-ring (bicyclic) bond motifs is 2. The quantitative estimate of drug-likeness (QED) is 0.0277. The summed E-state index contributed by atoms with van der Waals surface area (Å²) < 4.78 is 38.0. The van der Waals surface area contributed by atoms with Crippen LogP contribution in [0, 0.1) is 0 Å². The van der Waals surface area contributed by atoms with Crippen LogP contribution in [-0.4, -0.2) is 106 Å². The van der Waals surface area contributed by atoms with Crippen LogP contribution in [0.15, 0.2) is 36.9 Å². The molecule has 2 aromatic carbocycles. The molecule has 0 spiro atoms. The molecule has 0 saturated heterocycles. The Kier molecular flexibility index (Phi) is 21.6. The van der Waals surface area contributed by atoms with Crippen LogP contribution < -0.4 is 50.5 Å². The summed E-state index contributed by atoms with van der Waals surface area (Å²) in [6, 6.07) is 9.14. The van der Waals surface area contributed by atoms with Gasteiger partial charge in [-0.2, -0.15) is 0 Å². The highest BCUT2D eigenvalue weighted by molar-refractivity contribution is 5.82. The Morgan fingerprint density at radius 2 is 0.944 bits per heavy atom. The monoisotopic (exact) mass is 995 g/mol. The summed E-state index contributed by atoms with van der Waals surface area (Å²) in [5, 5.41) is 7.89. The number of hydrogen-bond donors (Lipinski definition) is 4. The van der Waals surface area contributed by atoms with Gasteiger partial charge in [-0.3, -0.25) is 0 Å². The lowest BCUT2D eigenvalue weighted by Crippen LogP contribution is -2.37. The van der Waals surface area contributed by atoms with Crippen molar-refractivity contribution >= 4 is 34.0 Å². The number of aryl methyl sites for hydroxylation is 2. The van der Waals surface area contributed by atoms with Crippen LogP contribution in [0.3, 0.4) is 0 Å². The lowest BCUT2D eigenvalue weighted by molar-refractivity contribution is 0.324. The molecule has 0 saturated carbocycles. The maximum Gasteiger partial charge on any atom is 0.203 e. The lowest BCUT2D eigenvalue weighted by Gasteiger charge is -2.24. The lowest BCUT2D eigenvalue weighted by atomic mass is 10.00. The van der Waals surface area contributed by atoms with E-state index in [9.17, 15) is 0 Å². The summed E-state index contributed by atoms with van der Waals surface area (Å²) in [6.07, 6.45) is 21.6. The Bertz CT molecular complexity index is 2550. The van der Waals surface area contributed by atoms with Crippen molar-refractivity contribution in [1.82, 2.24) is 49.7 Å². The molecule has 0 aliphatic carbocycles. The van der Waals surface area contributed by atoms with Crippen molar-refractivity contribution in [1.29, 1.82) is 0 Å². The van der Waals surface area contributed by atoms with Gasteiger partial charge in [-0.05, 0) is 101 Å². The van der Waals surface area contributed by atoms with Crippen LogP contribution in [0.5, 0.6) is 34.5 Å². The maximum absolute atomic E-state index is 6.31.